The van der Waals surface area contributed by atoms with Crippen LogP contribution in [0.5, 0.6) is 0 Å². The van der Waals surface area contributed by atoms with Crippen LogP contribution >= 0.6 is 23.1 Å². The van der Waals surface area contributed by atoms with Gasteiger partial charge < -0.3 is 5.11 Å². The molecule has 2 aromatic carbocycles. The molecule has 0 radical (unpaired) electrons. The van der Waals surface area contributed by atoms with Crippen molar-refractivity contribution in [1.82, 2.24) is 4.98 Å². The summed E-state index contributed by atoms with van der Waals surface area (Å²) in [5.74, 6) is -1.24. The van der Waals surface area contributed by atoms with Gasteiger partial charge in [-0.3, -0.25) is 4.79 Å². The fourth-order valence-electron chi connectivity index (χ4n) is 1.99. The number of carbonyl (C=O) groups is 1. The van der Waals surface area contributed by atoms with E-state index in [9.17, 15) is 9.18 Å². The fourth-order valence-corrected chi connectivity index (χ4v) is 3.84. The second kappa shape index (κ2) is 6.93. The Kier molecular flexibility index (Phi) is 4.73. The Labute approximate surface area is 140 Å². The summed E-state index contributed by atoms with van der Waals surface area (Å²) in [7, 11) is 0. The molecular weight excluding hydrogens is 333 g/mol. The van der Waals surface area contributed by atoms with Gasteiger partial charge in [-0.25, -0.2) is 9.37 Å². The van der Waals surface area contributed by atoms with Gasteiger partial charge in [0.2, 0.25) is 0 Å². The molecule has 3 rings (SSSR count). The standard InChI is InChI=1S/C17H12FNO2S2/c18-12-7-5-11(6-8-12)9-15(22-10-16(20)21)17-19-13-3-1-2-4-14(13)23-17/h1-9H,10H2,(H,20,21)/b15-9+. The number of para-hydroxylation sites is 1. The lowest BCUT2D eigenvalue weighted by Gasteiger charge is -2.02. The van der Waals surface area contributed by atoms with Crippen molar-refractivity contribution in [3.05, 3.63) is 64.9 Å². The van der Waals surface area contributed by atoms with E-state index >= 15 is 0 Å². The first kappa shape index (κ1) is 15.7. The van der Waals surface area contributed by atoms with Crippen LogP contribution in [0.3, 0.4) is 0 Å². The predicted octanol–water partition coefficient (Wildman–Crippen LogP) is 4.75. The highest BCUT2D eigenvalue weighted by Crippen LogP contribution is 2.35. The average molecular weight is 345 g/mol. The van der Waals surface area contributed by atoms with Crippen molar-refractivity contribution in [1.29, 1.82) is 0 Å². The zero-order valence-electron chi connectivity index (χ0n) is 11.9. The molecule has 0 saturated carbocycles. The molecule has 0 atom stereocenters. The Hall–Kier alpha value is -2.18. The zero-order chi connectivity index (χ0) is 16.2. The van der Waals surface area contributed by atoms with Gasteiger partial charge in [-0.1, -0.05) is 24.3 Å². The molecule has 0 saturated heterocycles. The number of rotatable bonds is 5. The second-order valence-electron chi connectivity index (χ2n) is 4.73. The molecule has 3 nitrogen and oxygen atoms in total. The lowest BCUT2D eigenvalue weighted by Crippen LogP contribution is -1.98. The SMILES string of the molecule is O=C(O)CS/C(=C/c1ccc(F)cc1)c1nc2ccccc2s1. The van der Waals surface area contributed by atoms with Crippen molar-refractivity contribution >= 4 is 50.3 Å². The lowest BCUT2D eigenvalue weighted by molar-refractivity contribution is -0.133. The smallest absolute Gasteiger partial charge is 0.313 e. The van der Waals surface area contributed by atoms with E-state index in [-0.39, 0.29) is 11.6 Å². The largest absolute Gasteiger partial charge is 0.481 e. The van der Waals surface area contributed by atoms with E-state index in [2.05, 4.69) is 4.98 Å². The van der Waals surface area contributed by atoms with Gasteiger partial charge in [0.05, 0.1) is 16.0 Å². The van der Waals surface area contributed by atoms with Crippen LogP contribution < -0.4 is 0 Å². The van der Waals surface area contributed by atoms with Gasteiger partial charge in [-0.15, -0.1) is 23.1 Å². The molecule has 116 valence electrons. The maximum Gasteiger partial charge on any atom is 0.313 e. The topological polar surface area (TPSA) is 50.2 Å². The minimum Gasteiger partial charge on any atom is -0.481 e. The molecule has 0 fully saturated rings. The molecule has 0 aliphatic carbocycles. The number of nitrogens with zero attached hydrogens (tertiary/aromatic N) is 1. The van der Waals surface area contributed by atoms with Crippen LogP contribution in [0.2, 0.25) is 0 Å². The summed E-state index contributed by atoms with van der Waals surface area (Å²) < 4.78 is 14.1. The van der Waals surface area contributed by atoms with Crippen LogP contribution in [0.1, 0.15) is 10.6 Å². The van der Waals surface area contributed by atoms with Gasteiger partial charge in [-0.05, 0) is 35.9 Å². The molecule has 0 spiro atoms. The van der Waals surface area contributed by atoms with E-state index in [1.165, 1.54) is 35.2 Å². The number of benzene rings is 2. The fraction of sp³-hybridized carbons (Fsp3) is 0.0588. The molecule has 6 heteroatoms. The number of halogens is 1. The van der Waals surface area contributed by atoms with Gasteiger partial charge in [0.1, 0.15) is 10.8 Å². The number of fused-ring (bicyclic) bond motifs is 1. The van der Waals surface area contributed by atoms with Crippen molar-refractivity contribution < 1.29 is 14.3 Å². The summed E-state index contributed by atoms with van der Waals surface area (Å²) >= 11 is 2.72. The van der Waals surface area contributed by atoms with E-state index < -0.39 is 5.97 Å². The van der Waals surface area contributed by atoms with Crippen molar-refractivity contribution in [2.75, 3.05) is 5.75 Å². The van der Waals surface area contributed by atoms with E-state index in [0.29, 0.717) is 0 Å². The first-order chi connectivity index (χ1) is 11.1. The molecule has 3 aromatic rings. The first-order valence-corrected chi connectivity index (χ1v) is 8.60. The maximum absolute atomic E-state index is 13.0. The minimum atomic E-state index is -0.888. The quantitative estimate of drug-likeness (QED) is 0.725. The summed E-state index contributed by atoms with van der Waals surface area (Å²) in [5, 5.41) is 9.70. The summed E-state index contributed by atoms with van der Waals surface area (Å²) in [5.41, 5.74) is 1.69. The van der Waals surface area contributed by atoms with E-state index in [4.69, 9.17) is 5.11 Å². The van der Waals surface area contributed by atoms with Crippen LogP contribution in [0.25, 0.3) is 21.2 Å². The average Bonchev–Trinajstić information content (AvgIpc) is 2.97. The Balaban J connectivity index is 2.00. The number of thiazole rings is 1. The van der Waals surface area contributed by atoms with Crippen molar-refractivity contribution in [3.63, 3.8) is 0 Å². The zero-order valence-corrected chi connectivity index (χ0v) is 13.5. The monoisotopic (exact) mass is 345 g/mol. The van der Waals surface area contributed by atoms with Crippen LogP contribution in [0.15, 0.2) is 48.5 Å². The number of carboxylic acids is 1. The van der Waals surface area contributed by atoms with Gasteiger partial charge >= 0.3 is 5.97 Å². The van der Waals surface area contributed by atoms with Gasteiger partial charge in [0.25, 0.3) is 0 Å². The van der Waals surface area contributed by atoms with E-state index in [0.717, 1.165) is 25.7 Å². The Morgan fingerprint density at radius 1 is 1.22 bits per heavy atom. The second-order valence-corrected chi connectivity index (χ2v) is 6.78. The third-order valence-corrected chi connectivity index (χ3v) is 5.24. The summed E-state index contributed by atoms with van der Waals surface area (Å²) in [4.78, 5) is 16.2. The Bertz CT molecular complexity index is 839. The third-order valence-electron chi connectivity index (χ3n) is 3.02. The van der Waals surface area contributed by atoms with Gasteiger partial charge in [-0.2, -0.15) is 0 Å². The van der Waals surface area contributed by atoms with Crippen molar-refractivity contribution in [2.45, 2.75) is 0 Å². The highest BCUT2D eigenvalue weighted by molar-refractivity contribution is 8.09. The van der Waals surface area contributed by atoms with Gasteiger partial charge in [0, 0.05) is 4.91 Å². The number of aromatic nitrogens is 1. The van der Waals surface area contributed by atoms with Crippen LogP contribution in [0, 0.1) is 5.82 Å². The highest BCUT2D eigenvalue weighted by atomic mass is 32.2. The number of hydrogen-bond donors (Lipinski definition) is 1. The Morgan fingerprint density at radius 2 is 1.96 bits per heavy atom. The van der Waals surface area contributed by atoms with Crippen LogP contribution in [-0.2, 0) is 4.79 Å². The number of carboxylic acid groups (broad SMARTS) is 1. The molecule has 0 amide bonds. The molecule has 0 bridgehead atoms. The Morgan fingerprint density at radius 3 is 2.65 bits per heavy atom. The highest BCUT2D eigenvalue weighted by Gasteiger charge is 2.11. The number of thioether (sulfide) groups is 1. The lowest BCUT2D eigenvalue weighted by atomic mass is 10.2. The maximum atomic E-state index is 13.0. The molecule has 1 heterocycles. The molecule has 0 aliphatic rings. The van der Waals surface area contributed by atoms with Crippen LogP contribution in [0.4, 0.5) is 4.39 Å². The summed E-state index contributed by atoms with van der Waals surface area (Å²) in [6, 6.07) is 13.8. The molecular formula is C17H12FNO2S2. The third kappa shape index (κ3) is 3.97. The van der Waals surface area contributed by atoms with E-state index in [1.54, 1.807) is 12.1 Å². The summed E-state index contributed by atoms with van der Waals surface area (Å²) in [6.07, 6.45) is 1.84. The first-order valence-electron chi connectivity index (χ1n) is 6.79. The predicted molar refractivity (Wildman–Crippen MR) is 94.0 cm³/mol. The number of aliphatic carboxylic acids is 1. The van der Waals surface area contributed by atoms with Crippen molar-refractivity contribution in [2.24, 2.45) is 0 Å². The van der Waals surface area contributed by atoms with Crippen molar-refractivity contribution in [3.8, 4) is 0 Å². The molecule has 0 unspecified atom stereocenters. The summed E-state index contributed by atoms with van der Waals surface area (Å²) in [6.45, 7) is 0. The van der Waals surface area contributed by atoms with Gasteiger partial charge in [0.15, 0.2) is 0 Å². The number of hydrogen-bond acceptors (Lipinski definition) is 4. The minimum absolute atomic E-state index is 0.0526. The molecule has 1 N–H and O–H groups in total. The molecule has 23 heavy (non-hydrogen) atoms. The molecule has 1 aromatic heterocycles. The molecule has 0 aliphatic heterocycles. The van der Waals surface area contributed by atoms with Crippen LogP contribution in [-0.4, -0.2) is 21.8 Å². The normalized spacial score (nSPS) is 11.8. The van der Waals surface area contributed by atoms with E-state index in [1.807, 2.05) is 30.3 Å².